The van der Waals surface area contributed by atoms with Crippen LogP contribution < -0.4 is 16.0 Å². The predicted molar refractivity (Wildman–Crippen MR) is 132 cm³/mol. The highest BCUT2D eigenvalue weighted by molar-refractivity contribution is 5.91. The number of aromatic amines is 1. The number of H-pyrrole nitrogens is 1. The first-order valence-corrected chi connectivity index (χ1v) is 11.6. The number of amides is 2. The summed E-state index contributed by atoms with van der Waals surface area (Å²) in [6.07, 6.45) is 7.36. The SMILES string of the molecule is Cl.O=C(N[C@@H](Cc1c[nH]c2ccccc12)C(=O)NC1CCCC1)[C@@H]1Cc2ccccc2CN1. The van der Waals surface area contributed by atoms with E-state index in [2.05, 4.69) is 39.1 Å². The Bertz CT molecular complexity index is 1120. The number of para-hydroxylation sites is 1. The van der Waals surface area contributed by atoms with Crippen LogP contribution in [0.15, 0.2) is 54.7 Å². The molecular formula is C26H31ClN4O2. The van der Waals surface area contributed by atoms with E-state index in [4.69, 9.17) is 0 Å². The van der Waals surface area contributed by atoms with Crippen LogP contribution >= 0.6 is 12.4 Å². The minimum Gasteiger partial charge on any atom is -0.361 e. The minimum absolute atomic E-state index is 0. The molecule has 2 atom stereocenters. The molecule has 1 aliphatic heterocycles. The fraction of sp³-hybridized carbons (Fsp3) is 0.385. The maximum absolute atomic E-state index is 13.2. The molecular weight excluding hydrogens is 436 g/mol. The number of benzene rings is 2. The van der Waals surface area contributed by atoms with E-state index in [0.717, 1.165) is 42.1 Å². The van der Waals surface area contributed by atoms with Crippen molar-refractivity contribution < 1.29 is 9.59 Å². The molecule has 0 unspecified atom stereocenters. The molecule has 2 amide bonds. The van der Waals surface area contributed by atoms with Gasteiger partial charge in [-0.25, -0.2) is 0 Å². The lowest BCUT2D eigenvalue weighted by atomic mass is 9.95. The zero-order chi connectivity index (χ0) is 21.9. The predicted octanol–water partition coefficient (Wildman–Crippen LogP) is 3.39. The molecule has 1 aromatic heterocycles. The summed E-state index contributed by atoms with van der Waals surface area (Å²) in [6.45, 7) is 0.662. The fourth-order valence-electron chi connectivity index (χ4n) is 5.01. The van der Waals surface area contributed by atoms with Crippen molar-refractivity contribution in [3.8, 4) is 0 Å². The zero-order valence-electron chi connectivity index (χ0n) is 18.6. The van der Waals surface area contributed by atoms with Crippen molar-refractivity contribution in [2.75, 3.05) is 0 Å². The number of carbonyl (C=O) groups excluding carboxylic acids is 2. The molecule has 3 aromatic rings. The second-order valence-corrected chi connectivity index (χ2v) is 9.02. The van der Waals surface area contributed by atoms with Gasteiger partial charge in [-0.05, 0) is 42.0 Å². The van der Waals surface area contributed by atoms with Crippen molar-refractivity contribution >= 4 is 35.1 Å². The van der Waals surface area contributed by atoms with Gasteiger partial charge in [-0.3, -0.25) is 9.59 Å². The van der Waals surface area contributed by atoms with Gasteiger partial charge in [0.05, 0.1) is 6.04 Å². The Kier molecular flexibility index (Phi) is 7.36. The van der Waals surface area contributed by atoms with Gasteiger partial charge in [-0.1, -0.05) is 55.3 Å². The van der Waals surface area contributed by atoms with E-state index >= 15 is 0 Å². The molecule has 1 aliphatic carbocycles. The molecule has 6 nitrogen and oxygen atoms in total. The van der Waals surface area contributed by atoms with Gasteiger partial charge in [0, 0.05) is 36.1 Å². The van der Waals surface area contributed by atoms with Gasteiger partial charge in [0.2, 0.25) is 11.8 Å². The lowest BCUT2D eigenvalue weighted by molar-refractivity contribution is -0.130. The first-order valence-electron chi connectivity index (χ1n) is 11.6. The molecule has 2 aliphatic rings. The van der Waals surface area contributed by atoms with E-state index in [-0.39, 0.29) is 36.3 Å². The average Bonchev–Trinajstić information content (AvgIpc) is 3.48. The quantitative estimate of drug-likeness (QED) is 0.449. The topological polar surface area (TPSA) is 86.0 Å². The van der Waals surface area contributed by atoms with Gasteiger partial charge >= 0.3 is 0 Å². The summed E-state index contributed by atoms with van der Waals surface area (Å²) in [5.74, 6) is -0.211. The highest BCUT2D eigenvalue weighted by Gasteiger charge is 2.30. The van der Waals surface area contributed by atoms with E-state index in [1.807, 2.05) is 36.5 Å². The number of hydrogen-bond acceptors (Lipinski definition) is 3. The van der Waals surface area contributed by atoms with Crippen molar-refractivity contribution in [1.82, 2.24) is 20.9 Å². The fourth-order valence-corrected chi connectivity index (χ4v) is 5.01. The van der Waals surface area contributed by atoms with E-state index in [1.54, 1.807) is 0 Å². The Morgan fingerprint density at radius 1 is 1.00 bits per heavy atom. The molecule has 2 aromatic carbocycles. The summed E-state index contributed by atoms with van der Waals surface area (Å²) in [7, 11) is 0. The number of nitrogens with one attached hydrogen (secondary N) is 4. The van der Waals surface area contributed by atoms with Crippen LogP contribution in [0.4, 0.5) is 0 Å². The molecule has 0 saturated heterocycles. The summed E-state index contributed by atoms with van der Waals surface area (Å²) in [5, 5.41) is 10.7. The van der Waals surface area contributed by atoms with Gasteiger partial charge < -0.3 is 20.9 Å². The summed E-state index contributed by atoms with van der Waals surface area (Å²) in [5.41, 5.74) is 4.49. The molecule has 1 fully saturated rings. The smallest absolute Gasteiger partial charge is 0.243 e. The van der Waals surface area contributed by atoms with Crippen molar-refractivity contribution in [3.63, 3.8) is 0 Å². The van der Waals surface area contributed by atoms with Crippen LogP contribution in [-0.2, 0) is 29.0 Å². The summed E-state index contributed by atoms with van der Waals surface area (Å²) in [4.78, 5) is 29.7. The maximum atomic E-state index is 13.2. The van der Waals surface area contributed by atoms with Crippen LogP contribution in [0.5, 0.6) is 0 Å². The minimum atomic E-state index is -0.610. The lowest BCUT2D eigenvalue weighted by Gasteiger charge is -2.28. The Morgan fingerprint density at radius 3 is 2.55 bits per heavy atom. The molecule has 33 heavy (non-hydrogen) atoms. The normalized spacial score (nSPS) is 18.8. The molecule has 5 rings (SSSR count). The standard InChI is InChI=1S/C26H30N4O2.ClH/c31-25(23-13-17-7-1-2-8-18(17)15-28-23)30-24(26(32)29-20-9-3-4-10-20)14-19-16-27-22-12-6-5-11-21(19)22;/h1-2,5-8,11-12,16,20,23-24,27-28H,3-4,9-10,13-15H2,(H,29,32)(H,30,31);1H/t23-,24-;/m0./s1. The average molecular weight is 467 g/mol. The molecule has 7 heteroatoms. The van der Waals surface area contributed by atoms with Gasteiger partial charge in [-0.15, -0.1) is 12.4 Å². The van der Waals surface area contributed by atoms with Crippen LogP contribution in [0.25, 0.3) is 10.9 Å². The number of halogens is 1. The monoisotopic (exact) mass is 466 g/mol. The zero-order valence-corrected chi connectivity index (χ0v) is 19.4. The third kappa shape index (κ3) is 5.23. The van der Waals surface area contributed by atoms with Crippen LogP contribution in [-0.4, -0.2) is 34.9 Å². The third-order valence-electron chi connectivity index (χ3n) is 6.83. The van der Waals surface area contributed by atoms with Gasteiger partial charge in [0.1, 0.15) is 6.04 Å². The highest BCUT2D eigenvalue weighted by Crippen LogP contribution is 2.21. The Labute approximate surface area is 200 Å². The van der Waals surface area contributed by atoms with E-state index in [0.29, 0.717) is 19.4 Å². The summed E-state index contributed by atoms with van der Waals surface area (Å²) < 4.78 is 0. The molecule has 0 radical (unpaired) electrons. The van der Waals surface area contributed by atoms with Crippen LogP contribution in [0, 0.1) is 0 Å². The molecule has 0 bridgehead atoms. The first-order chi connectivity index (χ1) is 15.7. The molecule has 4 N–H and O–H groups in total. The Morgan fingerprint density at radius 2 is 1.73 bits per heavy atom. The third-order valence-corrected chi connectivity index (χ3v) is 6.83. The van der Waals surface area contributed by atoms with Gasteiger partial charge in [0.25, 0.3) is 0 Å². The number of fused-ring (bicyclic) bond motifs is 2. The number of hydrogen-bond donors (Lipinski definition) is 4. The molecule has 1 saturated carbocycles. The van der Waals surface area contributed by atoms with E-state index in [9.17, 15) is 9.59 Å². The van der Waals surface area contributed by atoms with Crippen LogP contribution in [0.3, 0.4) is 0 Å². The molecule has 2 heterocycles. The largest absolute Gasteiger partial charge is 0.361 e. The van der Waals surface area contributed by atoms with E-state index in [1.165, 1.54) is 11.1 Å². The van der Waals surface area contributed by atoms with Crippen molar-refractivity contribution in [3.05, 3.63) is 71.4 Å². The number of rotatable bonds is 6. The Balaban J connectivity index is 0.00000259. The second kappa shape index (κ2) is 10.4. The van der Waals surface area contributed by atoms with Crippen LogP contribution in [0.1, 0.15) is 42.4 Å². The Hall–Kier alpha value is -2.83. The maximum Gasteiger partial charge on any atom is 0.243 e. The summed E-state index contributed by atoms with van der Waals surface area (Å²) in [6, 6.07) is 15.5. The van der Waals surface area contributed by atoms with Crippen LogP contribution in [0.2, 0.25) is 0 Å². The number of aromatic nitrogens is 1. The van der Waals surface area contributed by atoms with Gasteiger partial charge in [0.15, 0.2) is 0 Å². The molecule has 174 valence electrons. The van der Waals surface area contributed by atoms with E-state index < -0.39 is 6.04 Å². The van der Waals surface area contributed by atoms with Crippen molar-refractivity contribution in [2.45, 2.75) is 63.2 Å². The van der Waals surface area contributed by atoms with Crippen molar-refractivity contribution in [2.24, 2.45) is 0 Å². The lowest BCUT2D eigenvalue weighted by Crippen LogP contribution is -2.55. The summed E-state index contributed by atoms with van der Waals surface area (Å²) >= 11 is 0. The number of carbonyl (C=O) groups is 2. The highest BCUT2D eigenvalue weighted by atomic mass is 35.5. The second-order valence-electron chi connectivity index (χ2n) is 9.02. The molecule has 0 spiro atoms. The first kappa shape index (κ1) is 23.3. The van der Waals surface area contributed by atoms with Gasteiger partial charge in [-0.2, -0.15) is 0 Å². The van der Waals surface area contributed by atoms with Crippen molar-refractivity contribution in [1.29, 1.82) is 0 Å².